The summed E-state index contributed by atoms with van der Waals surface area (Å²) in [7, 11) is 0. The molecule has 0 bridgehead atoms. The molecule has 43 nitrogen and oxygen atoms in total. The van der Waals surface area contributed by atoms with E-state index >= 15 is 0 Å². The molecular weight excluding hydrogens is 1670 g/mol. The fraction of sp³-hybridized carbons (Fsp3) is 0.738. The predicted molar refractivity (Wildman–Crippen MR) is 443 cm³/mol. The van der Waals surface area contributed by atoms with Gasteiger partial charge in [0.1, 0.15) is 85.1 Å². The number of likely N-dealkylation sites (tertiary alicyclic amines) is 11. The van der Waals surface area contributed by atoms with Gasteiger partial charge in [0, 0.05) is 83.5 Å². The Bertz CT molecular complexity index is 4180. The van der Waals surface area contributed by atoms with Crippen LogP contribution in [0.4, 0.5) is 0 Å². The van der Waals surface area contributed by atoms with E-state index in [2.05, 4.69) is 78.4 Å². The predicted octanol–water partition coefficient (Wildman–Crippen LogP) is -7.63. The van der Waals surface area contributed by atoms with Crippen LogP contribution in [0, 0.1) is 0 Å². The van der Waals surface area contributed by atoms with Gasteiger partial charge in [-0.25, -0.2) is 0 Å². The van der Waals surface area contributed by atoms with Crippen molar-refractivity contribution in [3.8, 4) is 0 Å². The topological polar surface area (TPSA) is 535 Å². The van der Waals surface area contributed by atoms with Gasteiger partial charge in [-0.05, 0) is 161 Å². The van der Waals surface area contributed by atoms with Crippen LogP contribution in [0.2, 0.25) is 0 Å². The fourth-order valence-corrected chi connectivity index (χ4v) is 20.4. The van der Waals surface area contributed by atoms with Crippen molar-refractivity contribution in [3.05, 3.63) is 0 Å². The molecule has 12 heterocycles. The molecule has 0 radical (unpaired) electrons. The summed E-state index contributed by atoms with van der Waals surface area (Å²) in [6, 6.07) is -13.3. The van der Waals surface area contributed by atoms with Crippen LogP contribution in [0.1, 0.15) is 154 Å². The number of nitrogens with zero attached hydrogens (tertiary/aromatic N) is 11. The number of carbonyl (C=O) groups excluding carboxylic acids is 20. The summed E-state index contributed by atoms with van der Waals surface area (Å²) in [4.78, 5) is 301. The molecule has 14 atom stereocenters. The second kappa shape index (κ2) is 43.1. The smallest absolute Gasteiger partial charge is 0.322 e. The van der Waals surface area contributed by atoms with Crippen molar-refractivity contribution in [3.63, 3.8) is 0 Å². The van der Waals surface area contributed by atoms with E-state index in [0.29, 0.717) is 103 Å². The summed E-state index contributed by atoms with van der Waals surface area (Å²) in [5.74, 6) is -12.9. The molecule has 11 N–H and O–H groups in total. The minimum absolute atomic E-state index is 0.124. The number of hydrogen-bond acceptors (Lipinski definition) is 24. The maximum atomic E-state index is 14.4. The first-order valence-electron chi connectivity index (χ1n) is 44.1. The average molecular weight is 1790 g/mol. The maximum absolute atomic E-state index is 14.4. The first-order valence-corrected chi connectivity index (χ1v) is 45.4. The Hall–Kier alpha value is -10.5. The second-order valence-electron chi connectivity index (χ2n) is 34.0. The molecule has 0 saturated carbocycles. The number of aliphatic carboxylic acids is 1. The SMILES string of the molecule is O=C(O)CNC(=O)[C@@H]1CCCN1C(=O)[C@H](CS)NC(=O)CNC(=O)[C@H](CS)NC(=O)[C@@H]1CCCN1C(=O)CNC(=O)[C@@H]1CCCN1C(=O)[C@@H]1CCCN1C(=O)CNC(=O)[C@@H]1CCCN1C(=O)[C@@H]1CCCN1C(=O)CNC(=O)[C@@H]1CCCN1C(=O)[C@@H]1CCCN1C(=O)CNC(=O)[C@@H]1CCCN1C(=O)[C@@H]1CCCN1C(=O)CNC(=O)[C@@H]1CCCN1C(=O)[C@@H]1CCCN1. The van der Waals surface area contributed by atoms with Gasteiger partial charge < -0.3 is 112 Å². The van der Waals surface area contributed by atoms with Crippen molar-refractivity contribution in [2.24, 2.45) is 0 Å². The molecule has 12 saturated heterocycles. The van der Waals surface area contributed by atoms with Crippen molar-refractivity contribution in [1.82, 2.24) is 107 Å². The molecule has 12 rings (SSSR count). The summed E-state index contributed by atoms with van der Waals surface area (Å²) >= 11 is 8.40. The van der Waals surface area contributed by atoms with E-state index in [0.717, 1.165) is 13.0 Å². The van der Waals surface area contributed by atoms with Crippen molar-refractivity contribution in [1.29, 1.82) is 0 Å². The molecule has 12 fully saturated rings. The van der Waals surface area contributed by atoms with Gasteiger partial charge in [0.15, 0.2) is 0 Å². The van der Waals surface area contributed by atoms with E-state index in [1.807, 2.05) is 0 Å². The zero-order valence-electron chi connectivity index (χ0n) is 70.2. The standard InChI is InChI=1S/C80H117N21O22S2/c102-60(89-48(45-125)76(119)97-32-4-15-50(97)73(116)88-43-66(108)109)37-82-67(110)47(44-124)90-74(117)55-20-2-26-91(55)61(103)38-83-69(112)51-16-5-33-98(51)77(120)57-22-10-28-93(57)63(105)40-85-71(114)53-18-7-35-100(53)79(122)59-24-12-30-95(59)65(107)42-87-72(115)54-19-8-36-101(54)80(123)58-23-11-29-94(58)64(106)41-86-70(113)52-17-6-34-99(52)78(121)56-21-9-27-92(56)62(104)39-84-68(111)49-14-3-31-96(49)75(118)46-13-1-25-81-46/h46-59,81,124-125H,1-45H2,(H,82,110)(H,83,112)(H,84,111)(H,85,114)(H,86,113)(H,87,115)(H,88,116)(H,89,102)(H,90,117)(H,108,109)/t46-,47-,48-,49-,50-,51-,52-,53-,54-,55-,56-,57-,58-,59-/m0/s1. The van der Waals surface area contributed by atoms with Crippen LogP contribution >= 0.6 is 25.3 Å². The highest BCUT2D eigenvalue weighted by Gasteiger charge is 2.50. The summed E-state index contributed by atoms with van der Waals surface area (Å²) in [6.45, 7) is -0.618. The normalized spacial score (nSPS) is 26.4. The molecule has 12 aliphatic heterocycles. The molecule has 45 heteroatoms. The lowest BCUT2D eigenvalue weighted by Gasteiger charge is -2.32. The Morgan fingerprint density at radius 1 is 0.272 bits per heavy atom. The minimum atomic E-state index is -1.29. The number of nitrogens with one attached hydrogen (secondary N) is 10. The largest absolute Gasteiger partial charge is 0.480 e. The van der Waals surface area contributed by atoms with E-state index in [4.69, 9.17) is 5.11 Å². The third-order valence-electron chi connectivity index (χ3n) is 26.2. The van der Waals surface area contributed by atoms with Gasteiger partial charge >= 0.3 is 5.97 Å². The van der Waals surface area contributed by atoms with Crippen LogP contribution in [-0.4, -0.2) is 404 Å². The molecule has 20 amide bonds. The van der Waals surface area contributed by atoms with E-state index in [9.17, 15) is 101 Å². The minimum Gasteiger partial charge on any atom is -0.480 e. The van der Waals surface area contributed by atoms with Crippen molar-refractivity contribution >= 4 is 149 Å². The monoisotopic (exact) mass is 1790 g/mol. The van der Waals surface area contributed by atoms with Gasteiger partial charge in [0.25, 0.3) is 0 Å². The number of amides is 20. The highest BCUT2D eigenvalue weighted by Crippen LogP contribution is 2.32. The lowest BCUT2D eigenvalue weighted by Crippen LogP contribution is -2.57. The molecule has 0 spiro atoms. The molecule has 0 aromatic heterocycles. The molecule has 0 aliphatic carbocycles. The van der Waals surface area contributed by atoms with Gasteiger partial charge in [0.05, 0.1) is 45.3 Å². The number of carboxylic acid groups (broad SMARTS) is 1. The van der Waals surface area contributed by atoms with Crippen LogP contribution in [0.3, 0.4) is 0 Å². The van der Waals surface area contributed by atoms with Gasteiger partial charge in [-0.3, -0.25) is 101 Å². The quantitative estimate of drug-likeness (QED) is 0.0278. The van der Waals surface area contributed by atoms with Crippen LogP contribution < -0.4 is 53.2 Å². The van der Waals surface area contributed by atoms with Gasteiger partial charge in [-0.2, -0.15) is 25.3 Å². The first-order chi connectivity index (χ1) is 60.1. The number of thiol groups is 2. The lowest BCUT2D eigenvalue weighted by molar-refractivity contribution is -0.148. The summed E-state index contributed by atoms with van der Waals surface area (Å²) in [5.41, 5.74) is 0. The van der Waals surface area contributed by atoms with Crippen molar-refractivity contribution in [2.45, 2.75) is 239 Å². The number of hydrogen-bond donors (Lipinski definition) is 13. The van der Waals surface area contributed by atoms with Crippen LogP contribution in [0.5, 0.6) is 0 Å². The Labute approximate surface area is 733 Å². The number of carbonyl (C=O) groups is 21. The second-order valence-corrected chi connectivity index (χ2v) is 34.7. The van der Waals surface area contributed by atoms with Gasteiger partial charge in [0.2, 0.25) is 118 Å². The highest BCUT2D eigenvalue weighted by atomic mass is 32.1. The Morgan fingerprint density at radius 3 is 0.816 bits per heavy atom. The molecular formula is C80H117N21O22S2. The maximum Gasteiger partial charge on any atom is 0.322 e. The molecule has 0 unspecified atom stereocenters. The molecule has 125 heavy (non-hydrogen) atoms. The average Bonchev–Trinajstić information content (AvgIpc) is 1.67. The summed E-state index contributed by atoms with van der Waals surface area (Å²) < 4.78 is 0. The van der Waals surface area contributed by atoms with E-state index < -0.39 is 236 Å². The molecule has 12 aliphatic rings. The Balaban J connectivity index is 0.544. The van der Waals surface area contributed by atoms with E-state index in [1.165, 1.54) is 49.0 Å². The highest BCUT2D eigenvalue weighted by molar-refractivity contribution is 7.80. The zero-order valence-corrected chi connectivity index (χ0v) is 72.0. The third kappa shape index (κ3) is 22.0. The van der Waals surface area contributed by atoms with Gasteiger partial charge in [-0.15, -0.1) is 0 Å². The lowest BCUT2D eigenvalue weighted by atomic mass is 10.1. The van der Waals surface area contributed by atoms with Crippen LogP contribution in [0.25, 0.3) is 0 Å². The molecule has 0 aromatic rings. The molecule has 686 valence electrons. The fourth-order valence-electron chi connectivity index (χ4n) is 19.9. The van der Waals surface area contributed by atoms with Crippen molar-refractivity contribution < 1.29 is 106 Å². The van der Waals surface area contributed by atoms with Crippen LogP contribution in [0.15, 0.2) is 0 Å². The molecule has 0 aromatic carbocycles. The van der Waals surface area contributed by atoms with Crippen LogP contribution in [-0.2, 0) is 101 Å². The van der Waals surface area contributed by atoms with Gasteiger partial charge in [-0.1, -0.05) is 0 Å². The summed E-state index contributed by atoms with van der Waals surface area (Å²) in [6.07, 6.45) is 9.93. The Kier molecular flexibility index (Phi) is 32.3. The number of rotatable bonds is 32. The first kappa shape index (κ1) is 93.7. The van der Waals surface area contributed by atoms with E-state index in [-0.39, 0.29) is 147 Å². The zero-order chi connectivity index (χ0) is 89.4. The Morgan fingerprint density at radius 2 is 0.528 bits per heavy atom. The van der Waals surface area contributed by atoms with Crippen molar-refractivity contribution in [2.75, 3.05) is 136 Å². The number of carboxylic acids is 1. The third-order valence-corrected chi connectivity index (χ3v) is 27.0. The van der Waals surface area contributed by atoms with E-state index in [1.54, 1.807) is 4.90 Å². The summed E-state index contributed by atoms with van der Waals surface area (Å²) in [5, 5.41) is 35.1.